The topological polar surface area (TPSA) is 65.0 Å². The molecule has 0 amide bonds. The molecule has 1 aliphatic rings. The molecule has 5 nitrogen and oxygen atoms in total. The van der Waals surface area contributed by atoms with Gasteiger partial charge in [0.2, 0.25) is 0 Å². The highest BCUT2D eigenvalue weighted by atomic mass is 19.1. The highest BCUT2D eigenvalue weighted by Crippen LogP contribution is 2.51. The van der Waals surface area contributed by atoms with Crippen molar-refractivity contribution in [2.45, 2.75) is 58.2 Å². The smallest absolute Gasteiger partial charge is 0.308 e. The molecule has 0 unspecified atom stereocenters. The van der Waals surface area contributed by atoms with Gasteiger partial charge in [0.1, 0.15) is 29.7 Å². The molecule has 7 heteroatoms. The fourth-order valence-electron chi connectivity index (χ4n) is 5.34. The Labute approximate surface area is 222 Å². The maximum atomic E-state index is 15.5. The third-order valence-corrected chi connectivity index (χ3v) is 7.54. The molecule has 4 rings (SSSR count). The van der Waals surface area contributed by atoms with Gasteiger partial charge in [0.25, 0.3) is 0 Å². The van der Waals surface area contributed by atoms with E-state index in [0.29, 0.717) is 33.8 Å². The van der Waals surface area contributed by atoms with E-state index in [1.165, 1.54) is 26.4 Å². The molecule has 1 aliphatic carbocycles. The first-order valence-corrected chi connectivity index (χ1v) is 12.8. The van der Waals surface area contributed by atoms with E-state index in [1.807, 2.05) is 0 Å². The summed E-state index contributed by atoms with van der Waals surface area (Å²) in [5.74, 6) is -0.408. The van der Waals surface area contributed by atoms with Crippen molar-refractivity contribution in [1.82, 2.24) is 0 Å². The number of rotatable bonds is 9. The van der Waals surface area contributed by atoms with Crippen molar-refractivity contribution < 1.29 is 32.9 Å². The summed E-state index contributed by atoms with van der Waals surface area (Å²) in [7, 11) is 2.78. The highest BCUT2D eigenvalue weighted by Gasteiger charge is 2.37. The van der Waals surface area contributed by atoms with Crippen molar-refractivity contribution in [3.63, 3.8) is 0 Å². The summed E-state index contributed by atoms with van der Waals surface area (Å²) in [6.45, 7) is 4.34. The van der Waals surface area contributed by atoms with E-state index in [2.05, 4.69) is 18.6 Å². The molecule has 0 aliphatic heterocycles. The van der Waals surface area contributed by atoms with Crippen LogP contribution in [0.5, 0.6) is 11.5 Å². The molecule has 1 saturated carbocycles. The molecular formula is C31H34F2O5. The summed E-state index contributed by atoms with van der Waals surface area (Å²) >= 11 is 0. The molecule has 3 aromatic rings. The summed E-state index contributed by atoms with van der Waals surface area (Å²) < 4.78 is 46.3. The Morgan fingerprint density at radius 3 is 2.50 bits per heavy atom. The van der Waals surface area contributed by atoms with E-state index in [9.17, 15) is 9.90 Å². The molecule has 3 aromatic carbocycles. The van der Waals surface area contributed by atoms with Crippen molar-refractivity contribution in [3.8, 4) is 22.6 Å². The Morgan fingerprint density at radius 2 is 1.82 bits per heavy atom. The molecule has 202 valence electrons. The zero-order valence-electron chi connectivity index (χ0n) is 22.2. The van der Waals surface area contributed by atoms with Crippen molar-refractivity contribution in [1.29, 1.82) is 0 Å². The van der Waals surface area contributed by atoms with Crippen LogP contribution in [0.15, 0.2) is 54.6 Å². The lowest BCUT2D eigenvalue weighted by Gasteiger charge is -2.30. The first kappa shape index (κ1) is 27.6. The van der Waals surface area contributed by atoms with E-state index in [-0.39, 0.29) is 24.4 Å². The van der Waals surface area contributed by atoms with Crippen LogP contribution in [-0.2, 0) is 16.1 Å². The average Bonchev–Trinajstić information content (AvgIpc) is 3.26. The van der Waals surface area contributed by atoms with E-state index >= 15 is 8.78 Å². The Bertz CT molecular complexity index is 1300. The SMILES string of the molecule is COC(=O)C[C@@H](O)c1cccc(OCc2cc([C@H]3CCCC3(C)C)c(-c3cc(OC)ccc3F)cc2F)c1. The zero-order valence-corrected chi connectivity index (χ0v) is 22.2. The van der Waals surface area contributed by atoms with E-state index in [0.717, 1.165) is 24.8 Å². The predicted molar refractivity (Wildman–Crippen MR) is 141 cm³/mol. The zero-order chi connectivity index (χ0) is 27.4. The van der Waals surface area contributed by atoms with Crippen molar-refractivity contribution in [3.05, 3.63) is 82.9 Å². The molecule has 2 atom stereocenters. The van der Waals surface area contributed by atoms with Crippen LogP contribution in [0.25, 0.3) is 11.1 Å². The summed E-state index contributed by atoms with van der Waals surface area (Å²) in [5.41, 5.74) is 2.54. The average molecular weight is 525 g/mol. The van der Waals surface area contributed by atoms with Gasteiger partial charge in [-0.2, -0.15) is 0 Å². The molecule has 0 saturated heterocycles. The minimum Gasteiger partial charge on any atom is -0.497 e. The number of hydrogen-bond donors (Lipinski definition) is 1. The van der Waals surface area contributed by atoms with Gasteiger partial charge in [-0.3, -0.25) is 4.79 Å². The van der Waals surface area contributed by atoms with Crippen LogP contribution in [-0.4, -0.2) is 25.3 Å². The number of esters is 1. The minimum absolute atomic E-state index is 0.0237. The molecule has 0 bridgehead atoms. The van der Waals surface area contributed by atoms with Crippen molar-refractivity contribution in [2.24, 2.45) is 5.41 Å². The molecular weight excluding hydrogens is 490 g/mol. The number of hydrogen-bond acceptors (Lipinski definition) is 5. The first-order chi connectivity index (χ1) is 18.1. The number of ether oxygens (including phenoxy) is 3. The van der Waals surface area contributed by atoms with Gasteiger partial charge in [0.05, 0.1) is 26.7 Å². The number of carbonyl (C=O) groups excluding carboxylic acids is 1. The van der Waals surface area contributed by atoms with Crippen LogP contribution >= 0.6 is 0 Å². The fourth-order valence-corrected chi connectivity index (χ4v) is 5.34. The number of methoxy groups -OCH3 is 2. The number of carbonyl (C=O) groups is 1. The molecule has 1 fully saturated rings. The van der Waals surface area contributed by atoms with E-state index in [4.69, 9.17) is 9.47 Å². The molecule has 38 heavy (non-hydrogen) atoms. The second kappa shape index (κ2) is 11.5. The molecule has 0 spiro atoms. The number of aliphatic hydroxyl groups excluding tert-OH is 1. The van der Waals surface area contributed by atoms with Crippen LogP contribution in [0.4, 0.5) is 8.78 Å². The Morgan fingerprint density at radius 1 is 1.03 bits per heavy atom. The fraction of sp³-hybridized carbons (Fsp3) is 0.387. The largest absolute Gasteiger partial charge is 0.497 e. The monoisotopic (exact) mass is 524 g/mol. The maximum Gasteiger partial charge on any atom is 0.308 e. The van der Waals surface area contributed by atoms with Gasteiger partial charge >= 0.3 is 5.97 Å². The van der Waals surface area contributed by atoms with Gasteiger partial charge in [-0.25, -0.2) is 8.78 Å². The lowest BCUT2D eigenvalue weighted by molar-refractivity contribution is -0.142. The standard InChI is InChI=1S/C31H34F2O5/c1-31(2)12-6-9-26(31)24-14-20(28(33)16-23(24)25-15-21(36-3)10-11-27(25)32)18-38-22-8-5-7-19(13-22)29(34)17-30(35)37-4/h5,7-8,10-11,13-16,26,29,34H,6,9,12,17-18H2,1-4H3/t26-,29-/m1/s1. The van der Waals surface area contributed by atoms with Gasteiger partial charge in [-0.1, -0.05) is 32.4 Å². The second-order valence-corrected chi connectivity index (χ2v) is 10.5. The van der Waals surface area contributed by atoms with Gasteiger partial charge in [-0.15, -0.1) is 0 Å². The van der Waals surface area contributed by atoms with Crippen LogP contribution in [0.3, 0.4) is 0 Å². The van der Waals surface area contributed by atoms with Gasteiger partial charge in [0, 0.05) is 11.1 Å². The molecule has 1 N–H and O–H groups in total. The van der Waals surface area contributed by atoms with Crippen LogP contribution in [0.2, 0.25) is 0 Å². The summed E-state index contributed by atoms with van der Waals surface area (Å²) in [6, 6.07) is 14.4. The van der Waals surface area contributed by atoms with Gasteiger partial charge in [-0.05, 0) is 83.3 Å². The van der Waals surface area contributed by atoms with E-state index in [1.54, 1.807) is 42.5 Å². The second-order valence-electron chi connectivity index (χ2n) is 10.5. The summed E-state index contributed by atoms with van der Waals surface area (Å²) in [5, 5.41) is 10.3. The minimum atomic E-state index is -1.05. The van der Waals surface area contributed by atoms with Gasteiger partial charge in [0.15, 0.2) is 0 Å². The molecule has 0 aromatic heterocycles. The normalized spacial score (nSPS) is 17.2. The molecule has 0 heterocycles. The number of aliphatic hydroxyl groups is 1. The molecule has 0 radical (unpaired) electrons. The number of benzene rings is 3. The van der Waals surface area contributed by atoms with Crippen LogP contribution in [0.1, 0.15) is 68.2 Å². The Kier molecular flexibility index (Phi) is 8.36. The Balaban J connectivity index is 1.67. The quantitative estimate of drug-likeness (QED) is 0.302. The third-order valence-electron chi connectivity index (χ3n) is 7.54. The summed E-state index contributed by atoms with van der Waals surface area (Å²) in [6.07, 6.45) is 1.77. The van der Waals surface area contributed by atoms with Crippen molar-refractivity contribution in [2.75, 3.05) is 14.2 Å². The third kappa shape index (κ3) is 5.99. The highest BCUT2D eigenvalue weighted by molar-refractivity contribution is 5.71. The van der Waals surface area contributed by atoms with Crippen LogP contribution < -0.4 is 9.47 Å². The Hall–Kier alpha value is -3.45. The predicted octanol–water partition coefficient (Wildman–Crippen LogP) is 7.11. The maximum absolute atomic E-state index is 15.5. The van der Waals surface area contributed by atoms with Crippen molar-refractivity contribution >= 4 is 5.97 Å². The first-order valence-electron chi connectivity index (χ1n) is 12.8. The van der Waals surface area contributed by atoms with E-state index < -0.39 is 23.7 Å². The lowest BCUT2D eigenvalue weighted by Crippen LogP contribution is -2.17. The lowest BCUT2D eigenvalue weighted by atomic mass is 9.75. The van der Waals surface area contributed by atoms with Crippen LogP contribution in [0, 0.1) is 17.0 Å². The van der Waals surface area contributed by atoms with Gasteiger partial charge < -0.3 is 19.3 Å². The number of halogens is 2. The summed E-state index contributed by atoms with van der Waals surface area (Å²) in [4.78, 5) is 11.5.